The first-order valence-corrected chi connectivity index (χ1v) is 4.37. The van der Waals surface area contributed by atoms with Crippen LogP contribution in [-0.2, 0) is 0 Å². The minimum atomic E-state index is -4.64. The van der Waals surface area contributed by atoms with Gasteiger partial charge in [0.25, 0.3) is 0 Å². The first-order chi connectivity index (χ1) is 7.70. The quantitative estimate of drug-likeness (QED) is 0.804. The van der Waals surface area contributed by atoms with Crippen molar-refractivity contribution in [3.8, 4) is 5.75 Å². The van der Waals surface area contributed by atoms with E-state index in [0.717, 1.165) is 12.1 Å². The van der Waals surface area contributed by atoms with E-state index in [-0.39, 0.29) is 5.56 Å². The lowest BCUT2D eigenvalue weighted by Crippen LogP contribution is -2.15. The second kappa shape index (κ2) is 4.44. The molecule has 7 heteroatoms. The minimum absolute atomic E-state index is 0.384. The van der Waals surface area contributed by atoms with Gasteiger partial charge in [-0.15, -0.1) is 0 Å². The molecule has 0 aliphatic heterocycles. The van der Waals surface area contributed by atoms with Crippen molar-refractivity contribution in [1.82, 2.24) is 0 Å². The molecule has 4 nitrogen and oxygen atoms in total. The molecule has 2 N–H and O–H groups in total. The maximum atomic E-state index is 11.9. The van der Waals surface area contributed by atoms with Crippen LogP contribution in [0, 0.1) is 0 Å². The zero-order chi connectivity index (χ0) is 13.2. The molecular formula is C10H7F3O4. The highest BCUT2D eigenvalue weighted by atomic mass is 19.4. The summed E-state index contributed by atoms with van der Waals surface area (Å²) < 4.78 is 35.8. The molecule has 1 rings (SSSR count). The largest absolute Gasteiger partial charge is 0.507 e. The third-order valence-corrected chi connectivity index (χ3v) is 1.91. The van der Waals surface area contributed by atoms with Crippen LogP contribution in [-0.4, -0.2) is 28.1 Å². The highest BCUT2D eigenvalue weighted by molar-refractivity contribution is 5.99. The molecule has 92 valence electrons. The number of Topliss-reactive ketones (excluding diaryl/α,β-unsaturated/α-hetero) is 1. The maximum absolute atomic E-state index is 11.9. The number of carboxylic acids is 1. The van der Waals surface area contributed by atoms with Crippen LogP contribution in [0.2, 0.25) is 0 Å². The third kappa shape index (κ3) is 3.47. The highest BCUT2D eigenvalue weighted by Crippen LogP contribution is 2.25. The van der Waals surface area contributed by atoms with E-state index >= 15 is 0 Å². The number of aromatic hydroxyl groups is 1. The molecule has 0 aromatic heterocycles. The van der Waals surface area contributed by atoms with Crippen LogP contribution in [0.5, 0.6) is 5.75 Å². The van der Waals surface area contributed by atoms with Crippen LogP contribution < -0.4 is 0 Å². The Morgan fingerprint density at radius 2 is 1.82 bits per heavy atom. The van der Waals surface area contributed by atoms with Crippen LogP contribution in [0.25, 0.3) is 0 Å². The van der Waals surface area contributed by atoms with Gasteiger partial charge >= 0.3 is 12.1 Å². The smallest absolute Gasteiger partial charge is 0.396 e. The van der Waals surface area contributed by atoms with E-state index in [4.69, 9.17) is 5.11 Å². The second-order valence-corrected chi connectivity index (χ2v) is 3.25. The molecule has 0 saturated heterocycles. The summed E-state index contributed by atoms with van der Waals surface area (Å²) in [5, 5.41) is 17.8. The SMILES string of the molecule is O=C(CC(F)(F)F)c1ccc(C(=O)O)c(O)c1. The van der Waals surface area contributed by atoms with E-state index in [1.807, 2.05) is 0 Å². The lowest BCUT2D eigenvalue weighted by atomic mass is 10.0. The fraction of sp³-hybridized carbons (Fsp3) is 0.200. The fourth-order valence-electron chi connectivity index (χ4n) is 1.17. The summed E-state index contributed by atoms with van der Waals surface area (Å²) in [5.41, 5.74) is -0.863. The van der Waals surface area contributed by atoms with Gasteiger partial charge in [-0.3, -0.25) is 4.79 Å². The average Bonchev–Trinajstić information content (AvgIpc) is 2.14. The number of alkyl halides is 3. The zero-order valence-corrected chi connectivity index (χ0v) is 8.28. The van der Waals surface area contributed by atoms with Crippen molar-refractivity contribution in [1.29, 1.82) is 0 Å². The predicted molar refractivity (Wildman–Crippen MR) is 50.1 cm³/mol. The van der Waals surface area contributed by atoms with Crippen molar-refractivity contribution in [2.75, 3.05) is 0 Å². The standard InChI is InChI=1S/C10H7F3O4/c11-10(12,13)4-8(15)5-1-2-6(9(16)17)7(14)3-5/h1-3,14H,4H2,(H,16,17). The van der Waals surface area contributed by atoms with Crippen molar-refractivity contribution in [3.63, 3.8) is 0 Å². The fourth-order valence-corrected chi connectivity index (χ4v) is 1.17. The van der Waals surface area contributed by atoms with Crippen molar-refractivity contribution in [3.05, 3.63) is 29.3 Å². The van der Waals surface area contributed by atoms with Crippen LogP contribution in [0.1, 0.15) is 27.1 Å². The van der Waals surface area contributed by atoms with E-state index < -0.39 is 35.7 Å². The lowest BCUT2D eigenvalue weighted by Gasteiger charge is -2.06. The van der Waals surface area contributed by atoms with E-state index in [1.54, 1.807) is 0 Å². The maximum Gasteiger partial charge on any atom is 0.396 e. The Morgan fingerprint density at radius 3 is 2.24 bits per heavy atom. The summed E-state index contributed by atoms with van der Waals surface area (Å²) in [4.78, 5) is 21.6. The molecule has 1 aromatic carbocycles. The number of ketones is 1. The molecule has 0 amide bonds. The van der Waals surface area contributed by atoms with Gasteiger partial charge in [-0.25, -0.2) is 4.79 Å². The normalized spacial score (nSPS) is 11.2. The Hall–Kier alpha value is -2.05. The highest BCUT2D eigenvalue weighted by Gasteiger charge is 2.31. The van der Waals surface area contributed by atoms with E-state index in [2.05, 4.69) is 0 Å². The lowest BCUT2D eigenvalue weighted by molar-refractivity contribution is -0.125. The van der Waals surface area contributed by atoms with Gasteiger partial charge in [-0.1, -0.05) is 6.07 Å². The van der Waals surface area contributed by atoms with E-state index in [0.29, 0.717) is 6.07 Å². The Balaban J connectivity index is 2.98. The van der Waals surface area contributed by atoms with E-state index in [1.165, 1.54) is 0 Å². The van der Waals surface area contributed by atoms with Gasteiger partial charge in [0.15, 0.2) is 5.78 Å². The molecule has 0 aliphatic carbocycles. The topological polar surface area (TPSA) is 74.6 Å². The Bertz CT molecular complexity index is 465. The molecule has 0 heterocycles. The summed E-state index contributed by atoms with van der Waals surface area (Å²) in [5.74, 6) is -3.41. The molecular weight excluding hydrogens is 241 g/mol. The molecule has 0 atom stereocenters. The molecule has 17 heavy (non-hydrogen) atoms. The number of phenols is 1. The van der Waals surface area contributed by atoms with Gasteiger partial charge in [0.2, 0.25) is 0 Å². The zero-order valence-electron chi connectivity index (χ0n) is 8.28. The van der Waals surface area contributed by atoms with Crippen LogP contribution >= 0.6 is 0 Å². The summed E-state index contributed by atoms with van der Waals surface area (Å²) in [6, 6.07) is 2.51. The second-order valence-electron chi connectivity index (χ2n) is 3.25. The van der Waals surface area contributed by atoms with Gasteiger partial charge in [0.1, 0.15) is 17.7 Å². The van der Waals surface area contributed by atoms with Gasteiger partial charge in [-0.2, -0.15) is 13.2 Å². The Kier molecular flexibility index (Phi) is 3.40. The number of carboxylic acid groups (broad SMARTS) is 1. The van der Waals surface area contributed by atoms with Crippen molar-refractivity contribution < 1.29 is 33.0 Å². The van der Waals surface area contributed by atoms with Crippen LogP contribution in [0.4, 0.5) is 13.2 Å². The number of carbonyl (C=O) groups is 2. The molecule has 0 spiro atoms. The first-order valence-electron chi connectivity index (χ1n) is 4.37. The predicted octanol–water partition coefficient (Wildman–Crippen LogP) is 2.23. The van der Waals surface area contributed by atoms with Gasteiger partial charge < -0.3 is 10.2 Å². The van der Waals surface area contributed by atoms with Crippen LogP contribution in [0.3, 0.4) is 0 Å². The Morgan fingerprint density at radius 1 is 1.24 bits per heavy atom. The van der Waals surface area contributed by atoms with Crippen molar-refractivity contribution in [2.24, 2.45) is 0 Å². The molecule has 0 radical (unpaired) electrons. The molecule has 1 aromatic rings. The monoisotopic (exact) mass is 248 g/mol. The summed E-state index contributed by atoms with van der Waals surface area (Å²) >= 11 is 0. The van der Waals surface area contributed by atoms with Crippen LogP contribution in [0.15, 0.2) is 18.2 Å². The van der Waals surface area contributed by atoms with Gasteiger partial charge in [-0.05, 0) is 12.1 Å². The summed E-state index contributed by atoms with van der Waals surface area (Å²) in [7, 11) is 0. The molecule has 0 aliphatic rings. The number of hydrogen-bond donors (Lipinski definition) is 2. The first kappa shape index (κ1) is 13.0. The van der Waals surface area contributed by atoms with Gasteiger partial charge in [0, 0.05) is 5.56 Å². The molecule has 0 unspecified atom stereocenters. The number of aromatic carboxylic acids is 1. The average molecular weight is 248 g/mol. The number of carbonyl (C=O) groups excluding carboxylic acids is 1. The Labute approximate surface area is 93.3 Å². The number of rotatable bonds is 3. The summed E-state index contributed by atoms with van der Waals surface area (Å²) in [6.07, 6.45) is -6.29. The summed E-state index contributed by atoms with van der Waals surface area (Å²) in [6.45, 7) is 0. The minimum Gasteiger partial charge on any atom is -0.507 e. The molecule has 0 fully saturated rings. The third-order valence-electron chi connectivity index (χ3n) is 1.91. The number of hydrogen-bond acceptors (Lipinski definition) is 3. The molecule has 0 saturated carbocycles. The van der Waals surface area contributed by atoms with Gasteiger partial charge in [0.05, 0.1) is 0 Å². The van der Waals surface area contributed by atoms with E-state index in [9.17, 15) is 27.9 Å². The van der Waals surface area contributed by atoms with Crippen molar-refractivity contribution in [2.45, 2.75) is 12.6 Å². The molecule has 0 bridgehead atoms. The van der Waals surface area contributed by atoms with Crippen molar-refractivity contribution >= 4 is 11.8 Å². The number of halogens is 3. The number of benzene rings is 1.